The maximum absolute atomic E-state index is 12.0. The highest BCUT2D eigenvalue weighted by molar-refractivity contribution is 5.79. The van der Waals surface area contributed by atoms with Crippen LogP contribution in [0.3, 0.4) is 0 Å². The van der Waals surface area contributed by atoms with Gasteiger partial charge in [-0.2, -0.15) is 0 Å². The third-order valence-electron chi connectivity index (χ3n) is 3.95. The smallest absolute Gasteiger partial charge is 0.336 e. The number of nitrogens with one attached hydrogen (secondary N) is 1. The number of ether oxygens (including phenoxy) is 2. The SMILES string of the molecule is CCOCc1ccc(CNC(=O)COc2ccc3ccc(=O)oc3c2)cc1. The van der Waals surface area contributed by atoms with Crippen molar-refractivity contribution in [2.24, 2.45) is 0 Å². The van der Waals surface area contributed by atoms with E-state index in [2.05, 4.69) is 5.32 Å². The Kier molecular flexibility index (Phi) is 6.22. The van der Waals surface area contributed by atoms with Gasteiger partial charge < -0.3 is 19.2 Å². The van der Waals surface area contributed by atoms with Gasteiger partial charge in [-0.05, 0) is 36.2 Å². The minimum Gasteiger partial charge on any atom is -0.484 e. The van der Waals surface area contributed by atoms with E-state index < -0.39 is 5.63 Å². The first-order valence-corrected chi connectivity index (χ1v) is 8.73. The van der Waals surface area contributed by atoms with Crippen LogP contribution < -0.4 is 15.7 Å². The first kappa shape index (κ1) is 18.7. The second-order valence-corrected chi connectivity index (χ2v) is 5.97. The van der Waals surface area contributed by atoms with Crippen molar-refractivity contribution in [1.29, 1.82) is 0 Å². The van der Waals surface area contributed by atoms with Crippen LogP contribution in [0.4, 0.5) is 0 Å². The third kappa shape index (κ3) is 5.43. The summed E-state index contributed by atoms with van der Waals surface area (Å²) in [5.74, 6) is 0.232. The Morgan fingerprint density at radius 3 is 2.56 bits per heavy atom. The minimum atomic E-state index is -0.426. The zero-order chi connectivity index (χ0) is 19.1. The Hall–Kier alpha value is -3.12. The lowest BCUT2D eigenvalue weighted by Gasteiger charge is -2.09. The molecule has 0 fully saturated rings. The van der Waals surface area contributed by atoms with Crippen molar-refractivity contribution in [2.75, 3.05) is 13.2 Å². The molecule has 6 nitrogen and oxygen atoms in total. The summed E-state index contributed by atoms with van der Waals surface area (Å²) < 4.78 is 15.9. The molecule has 0 spiro atoms. The van der Waals surface area contributed by atoms with Gasteiger partial charge in [0, 0.05) is 30.7 Å². The summed E-state index contributed by atoms with van der Waals surface area (Å²) in [6.07, 6.45) is 0. The molecule has 1 N–H and O–H groups in total. The molecule has 6 heteroatoms. The molecule has 0 unspecified atom stereocenters. The number of benzene rings is 2. The van der Waals surface area contributed by atoms with Gasteiger partial charge >= 0.3 is 5.63 Å². The molecule has 0 aliphatic heterocycles. The molecule has 3 aromatic rings. The molecule has 3 rings (SSSR count). The second-order valence-electron chi connectivity index (χ2n) is 5.97. The molecular weight excluding hydrogens is 346 g/mol. The number of carbonyl (C=O) groups excluding carboxylic acids is 1. The number of fused-ring (bicyclic) bond motifs is 1. The summed E-state index contributed by atoms with van der Waals surface area (Å²) in [6.45, 7) is 3.53. The summed E-state index contributed by atoms with van der Waals surface area (Å²) in [6, 6.07) is 16.0. The van der Waals surface area contributed by atoms with Crippen LogP contribution in [0.5, 0.6) is 5.75 Å². The van der Waals surface area contributed by atoms with Crippen LogP contribution >= 0.6 is 0 Å². The topological polar surface area (TPSA) is 77.8 Å². The highest BCUT2D eigenvalue weighted by atomic mass is 16.5. The molecule has 0 radical (unpaired) electrons. The summed E-state index contributed by atoms with van der Waals surface area (Å²) in [7, 11) is 0. The van der Waals surface area contributed by atoms with Gasteiger partial charge in [-0.25, -0.2) is 4.79 Å². The number of hydrogen-bond acceptors (Lipinski definition) is 5. The number of amides is 1. The zero-order valence-corrected chi connectivity index (χ0v) is 15.1. The minimum absolute atomic E-state index is 0.120. The van der Waals surface area contributed by atoms with Crippen molar-refractivity contribution in [3.8, 4) is 5.75 Å². The highest BCUT2D eigenvalue weighted by Gasteiger charge is 2.05. The summed E-state index contributed by atoms with van der Waals surface area (Å²) in [5, 5.41) is 3.60. The lowest BCUT2D eigenvalue weighted by molar-refractivity contribution is -0.123. The molecule has 0 aliphatic rings. The standard InChI is InChI=1S/C21H21NO5/c1-2-25-13-16-5-3-15(4-6-16)12-22-20(23)14-26-18-9-7-17-8-10-21(24)27-19(17)11-18/h3-11H,2,12-14H2,1H3,(H,22,23). The molecule has 0 aliphatic carbocycles. The third-order valence-corrected chi connectivity index (χ3v) is 3.95. The molecule has 2 aromatic carbocycles. The van der Waals surface area contributed by atoms with E-state index in [1.807, 2.05) is 31.2 Å². The van der Waals surface area contributed by atoms with E-state index in [0.717, 1.165) is 16.5 Å². The summed E-state index contributed by atoms with van der Waals surface area (Å²) >= 11 is 0. The maximum Gasteiger partial charge on any atom is 0.336 e. The molecule has 1 amide bonds. The predicted octanol–water partition coefficient (Wildman–Crippen LogP) is 3.02. The van der Waals surface area contributed by atoms with Crippen LogP contribution in [0.25, 0.3) is 11.0 Å². The molecule has 0 atom stereocenters. The van der Waals surface area contributed by atoms with E-state index in [9.17, 15) is 9.59 Å². The van der Waals surface area contributed by atoms with Crippen LogP contribution in [0.2, 0.25) is 0 Å². The van der Waals surface area contributed by atoms with Crippen LogP contribution in [-0.4, -0.2) is 19.1 Å². The largest absolute Gasteiger partial charge is 0.484 e. The molecule has 140 valence electrons. The van der Waals surface area contributed by atoms with Crippen molar-refractivity contribution < 1.29 is 18.7 Å². The molecule has 0 saturated heterocycles. The maximum atomic E-state index is 12.0. The van der Waals surface area contributed by atoms with Gasteiger partial charge in [0.05, 0.1) is 6.61 Å². The Balaban J connectivity index is 1.49. The second kappa shape index (κ2) is 9.00. The molecular formula is C21H21NO5. The lowest BCUT2D eigenvalue weighted by Crippen LogP contribution is -2.28. The van der Waals surface area contributed by atoms with Crippen LogP contribution in [-0.2, 0) is 22.7 Å². The number of carbonyl (C=O) groups is 1. The number of rotatable bonds is 8. The van der Waals surface area contributed by atoms with Gasteiger partial charge in [0.1, 0.15) is 11.3 Å². The Bertz CT molecular complexity index is 962. The Labute approximate surface area is 156 Å². The molecule has 0 saturated carbocycles. The Morgan fingerprint density at radius 1 is 1.04 bits per heavy atom. The normalized spacial score (nSPS) is 10.7. The van der Waals surface area contributed by atoms with Crippen LogP contribution in [0.1, 0.15) is 18.1 Å². The van der Waals surface area contributed by atoms with Gasteiger partial charge in [-0.3, -0.25) is 4.79 Å². The molecule has 1 heterocycles. The number of hydrogen-bond donors (Lipinski definition) is 1. The lowest BCUT2D eigenvalue weighted by atomic mass is 10.1. The van der Waals surface area contributed by atoms with Gasteiger partial charge in [-0.1, -0.05) is 24.3 Å². The predicted molar refractivity (Wildman–Crippen MR) is 102 cm³/mol. The van der Waals surface area contributed by atoms with E-state index >= 15 is 0 Å². The molecule has 1 aromatic heterocycles. The van der Waals surface area contributed by atoms with E-state index in [1.54, 1.807) is 24.3 Å². The van der Waals surface area contributed by atoms with Crippen molar-refractivity contribution in [3.05, 3.63) is 76.1 Å². The monoisotopic (exact) mass is 367 g/mol. The fourth-order valence-corrected chi connectivity index (χ4v) is 2.50. The van der Waals surface area contributed by atoms with Crippen molar-refractivity contribution in [1.82, 2.24) is 5.32 Å². The average Bonchev–Trinajstić information content (AvgIpc) is 2.69. The molecule has 0 bridgehead atoms. The molecule has 27 heavy (non-hydrogen) atoms. The van der Waals surface area contributed by atoms with Crippen LogP contribution in [0, 0.1) is 0 Å². The first-order valence-electron chi connectivity index (χ1n) is 8.73. The van der Waals surface area contributed by atoms with Crippen molar-refractivity contribution in [3.63, 3.8) is 0 Å². The van der Waals surface area contributed by atoms with Crippen molar-refractivity contribution >= 4 is 16.9 Å². The Morgan fingerprint density at radius 2 is 1.78 bits per heavy atom. The van der Waals surface area contributed by atoms with E-state index in [-0.39, 0.29) is 12.5 Å². The average molecular weight is 367 g/mol. The fourth-order valence-electron chi connectivity index (χ4n) is 2.50. The van der Waals surface area contributed by atoms with Crippen LogP contribution in [0.15, 0.2) is 63.8 Å². The van der Waals surface area contributed by atoms with Crippen molar-refractivity contribution in [2.45, 2.75) is 20.1 Å². The summed E-state index contributed by atoms with van der Waals surface area (Å²) in [4.78, 5) is 23.3. The first-order chi connectivity index (χ1) is 13.1. The van der Waals surface area contributed by atoms with Gasteiger partial charge in [0.25, 0.3) is 5.91 Å². The van der Waals surface area contributed by atoms with E-state index in [0.29, 0.717) is 31.1 Å². The quantitative estimate of drug-likeness (QED) is 0.619. The van der Waals surface area contributed by atoms with Gasteiger partial charge in [0.2, 0.25) is 0 Å². The van der Waals surface area contributed by atoms with Gasteiger partial charge in [0.15, 0.2) is 6.61 Å². The van der Waals surface area contributed by atoms with E-state index in [1.165, 1.54) is 6.07 Å². The fraction of sp³-hybridized carbons (Fsp3) is 0.238. The van der Waals surface area contributed by atoms with Gasteiger partial charge in [-0.15, -0.1) is 0 Å². The van der Waals surface area contributed by atoms with E-state index in [4.69, 9.17) is 13.9 Å². The zero-order valence-electron chi connectivity index (χ0n) is 15.1. The highest BCUT2D eigenvalue weighted by Crippen LogP contribution is 2.19. The summed E-state index contributed by atoms with van der Waals surface area (Å²) in [5.41, 5.74) is 2.09.